The molecule has 4 nitrogen and oxygen atoms in total. The van der Waals surface area contributed by atoms with Crippen molar-refractivity contribution >= 4 is 11.9 Å². The fourth-order valence-corrected chi connectivity index (χ4v) is 7.28. The Kier molecular flexibility index (Phi) is 4.36. The summed E-state index contributed by atoms with van der Waals surface area (Å²) in [4.78, 5) is 25.6. The normalized spacial score (nSPS) is 49.3. The van der Waals surface area contributed by atoms with Gasteiger partial charge in [0.25, 0.3) is 0 Å². The molecule has 4 fully saturated rings. The van der Waals surface area contributed by atoms with Crippen molar-refractivity contribution in [3.63, 3.8) is 0 Å². The molecule has 0 amide bonds. The lowest BCUT2D eigenvalue weighted by Gasteiger charge is -2.47. The van der Waals surface area contributed by atoms with Gasteiger partial charge in [0, 0.05) is 18.3 Å². The molecule has 2 saturated heterocycles. The first-order chi connectivity index (χ1) is 13.0. The second-order valence-electron chi connectivity index (χ2n) is 9.90. The third-order valence-corrected chi connectivity index (χ3v) is 8.50. The van der Waals surface area contributed by atoms with Crippen LogP contribution in [0.15, 0.2) is 11.6 Å². The van der Waals surface area contributed by atoms with E-state index < -0.39 is 0 Å². The summed E-state index contributed by atoms with van der Waals surface area (Å²) in [7, 11) is 0. The van der Waals surface area contributed by atoms with Gasteiger partial charge < -0.3 is 9.47 Å². The monoisotopic (exact) mass is 372 g/mol. The molecule has 0 aromatic carbocycles. The van der Waals surface area contributed by atoms with E-state index in [4.69, 9.17) is 9.47 Å². The number of ether oxygens (including phenoxy) is 2. The van der Waals surface area contributed by atoms with E-state index >= 15 is 0 Å². The number of hydrogen-bond acceptors (Lipinski definition) is 4. The zero-order valence-electron chi connectivity index (χ0n) is 16.6. The fourth-order valence-electron chi connectivity index (χ4n) is 7.28. The Morgan fingerprint density at radius 3 is 2.52 bits per heavy atom. The summed E-state index contributed by atoms with van der Waals surface area (Å²) in [6.07, 6.45) is 10.4. The predicted molar refractivity (Wildman–Crippen MR) is 101 cm³/mol. The van der Waals surface area contributed by atoms with Crippen molar-refractivity contribution in [3.05, 3.63) is 11.6 Å². The molecule has 2 saturated carbocycles. The molecule has 2 heterocycles. The van der Waals surface area contributed by atoms with Crippen LogP contribution in [0.25, 0.3) is 0 Å². The summed E-state index contributed by atoms with van der Waals surface area (Å²) in [6, 6.07) is 0. The van der Waals surface area contributed by atoms with E-state index in [0.717, 1.165) is 38.5 Å². The van der Waals surface area contributed by atoms with Crippen molar-refractivity contribution in [1.29, 1.82) is 0 Å². The van der Waals surface area contributed by atoms with Gasteiger partial charge >= 0.3 is 11.9 Å². The third kappa shape index (κ3) is 2.77. The maximum Gasteiger partial charge on any atom is 0.313 e. The highest BCUT2D eigenvalue weighted by Crippen LogP contribution is 2.55. The van der Waals surface area contributed by atoms with Crippen LogP contribution in [0.1, 0.15) is 65.2 Å². The molecule has 0 bridgehead atoms. The van der Waals surface area contributed by atoms with Crippen LogP contribution in [0, 0.1) is 41.4 Å². The van der Waals surface area contributed by atoms with Crippen LogP contribution in [0.2, 0.25) is 0 Å². The first-order valence-corrected chi connectivity index (χ1v) is 11.1. The lowest BCUT2D eigenvalue weighted by atomic mass is 9.67. The summed E-state index contributed by atoms with van der Waals surface area (Å²) in [5.74, 6) is 2.06. The van der Waals surface area contributed by atoms with E-state index in [1.54, 1.807) is 0 Å². The van der Waals surface area contributed by atoms with Crippen molar-refractivity contribution < 1.29 is 19.1 Å². The van der Waals surface area contributed by atoms with Gasteiger partial charge in [0.15, 0.2) is 0 Å². The Hall–Kier alpha value is -1.32. The van der Waals surface area contributed by atoms with Crippen LogP contribution in [-0.2, 0) is 19.1 Å². The van der Waals surface area contributed by atoms with E-state index in [9.17, 15) is 9.59 Å². The molecule has 27 heavy (non-hydrogen) atoms. The van der Waals surface area contributed by atoms with E-state index in [2.05, 4.69) is 19.9 Å². The maximum absolute atomic E-state index is 13.3. The van der Waals surface area contributed by atoms with Crippen LogP contribution in [0.4, 0.5) is 0 Å². The van der Waals surface area contributed by atoms with E-state index in [1.165, 1.54) is 12.0 Å². The van der Waals surface area contributed by atoms with Crippen molar-refractivity contribution in [2.24, 2.45) is 41.4 Å². The number of rotatable bonds is 2. The zero-order chi connectivity index (χ0) is 18.7. The van der Waals surface area contributed by atoms with Crippen LogP contribution in [0.3, 0.4) is 0 Å². The second kappa shape index (κ2) is 6.63. The third-order valence-electron chi connectivity index (χ3n) is 8.50. The number of fused-ring (bicyclic) bond motifs is 2. The summed E-state index contributed by atoms with van der Waals surface area (Å²) in [6.45, 7) is 4.59. The van der Waals surface area contributed by atoms with Crippen LogP contribution in [0.5, 0.6) is 0 Å². The first-order valence-electron chi connectivity index (χ1n) is 11.1. The molecule has 9 atom stereocenters. The number of esters is 2. The van der Waals surface area contributed by atoms with Crippen LogP contribution >= 0.6 is 0 Å². The first kappa shape index (κ1) is 17.8. The van der Waals surface area contributed by atoms with Gasteiger partial charge in [-0.2, -0.15) is 0 Å². The van der Waals surface area contributed by atoms with E-state index in [-0.39, 0.29) is 30.1 Å². The largest absolute Gasteiger partial charge is 0.461 e. The Balaban J connectivity index is 1.47. The molecule has 0 aromatic rings. The van der Waals surface area contributed by atoms with Gasteiger partial charge in [0.1, 0.15) is 12.2 Å². The lowest BCUT2D eigenvalue weighted by Crippen LogP contribution is -2.54. The van der Waals surface area contributed by atoms with Gasteiger partial charge in [-0.15, -0.1) is 0 Å². The molecular formula is C23H32O4. The van der Waals surface area contributed by atoms with Crippen LogP contribution in [-0.4, -0.2) is 24.1 Å². The average Bonchev–Trinajstić information content (AvgIpc) is 3.36. The van der Waals surface area contributed by atoms with Crippen molar-refractivity contribution in [1.82, 2.24) is 0 Å². The van der Waals surface area contributed by atoms with E-state index in [1.807, 2.05) is 0 Å². The average molecular weight is 373 g/mol. The zero-order valence-corrected chi connectivity index (χ0v) is 16.6. The topological polar surface area (TPSA) is 52.6 Å². The molecule has 148 valence electrons. The second-order valence-corrected chi connectivity index (χ2v) is 9.90. The minimum absolute atomic E-state index is 0.0326. The molecule has 4 heteroatoms. The molecule has 0 aromatic heterocycles. The minimum Gasteiger partial charge on any atom is -0.461 e. The molecule has 3 aliphatic carbocycles. The SMILES string of the molecule is CC1CCC2CC(=O)OC([C@@H]3C(=O)O[C@@H](C4=CCCC4)C4C(C)CCC43)C12. The summed E-state index contributed by atoms with van der Waals surface area (Å²) in [5, 5.41) is 0. The van der Waals surface area contributed by atoms with Crippen LogP contribution < -0.4 is 0 Å². The Morgan fingerprint density at radius 1 is 0.963 bits per heavy atom. The highest BCUT2D eigenvalue weighted by molar-refractivity contribution is 5.77. The molecular weight excluding hydrogens is 340 g/mol. The Bertz CT molecular complexity index is 667. The number of hydrogen-bond donors (Lipinski definition) is 0. The molecule has 5 rings (SSSR count). The Morgan fingerprint density at radius 2 is 1.74 bits per heavy atom. The number of allylic oxidation sites excluding steroid dienone is 1. The molecule has 2 aliphatic heterocycles. The molecule has 5 aliphatic rings. The van der Waals surface area contributed by atoms with Gasteiger partial charge in [-0.1, -0.05) is 26.3 Å². The molecule has 0 N–H and O–H groups in total. The smallest absolute Gasteiger partial charge is 0.313 e. The quantitative estimate of drug-likeness (QED) is 0.536. The van der Waals surface area contributed by atoms with Crippen molar-refractivity contribution in [2.45, 2.75) is 77.4 Å². The van der Waals surface area contributed by atoms with Crippen molar-refractivity contribution in [3.8, 4) is 0 Å². The highest BCUT2D eigenvalue weighted by atomic mass is 16.6. The standard InChI is InChI=1S/C23H32O4/c1-12-7-9-15-11-17(24)26-22(18(12)15)20-16-10-8-13(2)19(16)21(27-23(20)25)14-5-3-4-6-14/h5,12-13,15-16,18-22H,3-4,6-11H2,1-2H3/t12?,13?,15?,16?,18?,19?,20-,21+,22?/m1/s1. The number of cyclic esters (lactones) is 2. The van der Waals surface area contributed by atoms with Gasteiger partial charge in [-0.25, -0.2) is 0 Å². The lowest BCUT2D eigenvalue weighted by molar-refractivity contribution is -0.194. The summed E-state index contributed by atoms with van der Waals surface area (Å²) in [5.41, 5.74) is 1.35. The number of carbonyl (C=O) groups excluding carboxylic acids is 2. The molecule has 7 unspecified atom stereocenters. The fraction of sp³-hybridized carbons (Fsp3) is 0.826. The summed E-state index contributed by atoms with van der Waals surface area (Å²) < 4.78 is 12.1. The summed E-state index contributed by atoms with van der Waals surface area (Å²) >= 11 is 0. The van der Waals surface area contributed by atoms with Gasteiger partial charge in [0.2, 0.25) is 0 Å². The highest BCUT2D eigenvalue weighted by Gasteiger charge is 2.59. The van der Waals surface area contributed by atoms with Crippen molar-refractivity contribution in [2.75, 3.05) is 0 Å². The van der Waals surface area contributed by atoms with E-state index in [0.29, 0.717) is 41.9 Å². The van der Waals surface area contributed by atoms with Gasteiger partial charge in [0.05, 0.1) is 5.92 Å². The van der Waals surface area contributed by atoms with Gasteiger partial charge in [-0.3, -0.25) is 9.59 Å². The number of carbonyl (C=O) groups is 2. The predicted octanol–water partition coefficient (Wildman–Crippen LogP) is 4.28. The molecule has 0 spiro atoms. The van der Waals surface area contributed by atoms with Gasteiger partial charge in [-0.05, 0) is 67.8 Å². The molecule has 0 radical (unpaired) electrons. The minimum atomic E-state index is -0.266. The Labute approximate surface area is 162 Å². The maximum atomic E-state index is 13.3.